The highest BCUT2D eigenvalue weighted by atomic mass is 14.7. The molecule has 0 saturated heterocycles. The van der Waals surface area contributed by atoms with E-state index in [1.807, 2.05) is 48.6 Å². The van der Waals surface area contributed by atoms with Gasteiger partial charge in [0.1, 0.15) is 0 Å². The van der Waals surface area contributed by atoms with E-state index in [9.17, 15) is 0 Å². The van der Waals surface area contributed by atoms with Crippen LogP contribution in [0.1, 0.15) is 23.1 Å². The van der Waals surface area contributed by atoms with Crippen LogP contribution in [0.3, 0.4) is 0 Å². The lowest BCUT2D eigenvalue weighted by atomic mass is 10.0. The average Bonchev–Trinajstić information content (AvgIpc) is 2.97. The van der Waals surface area contributed by atoms with Crippen molar-refractivity contribution in [3.05, 3.63) is 169 Å². The van der Waals surface area contributed by atoms with Crippen molar-refractivity contribution in [3.63, 3.8) is 0 Å². The highest BCUT2D eigenvalue weighted by Gasteiger charge is 1.98. The summed E-state index contributed by atoms with van der Waals surface area (Å²) < 4.78 is 0. The van der Waals surface area contributed by atoms with Crippen LogP contribution in [0.15, 0.2) is 158 Å². The van der Waals surface area contributed by atoms with Crippen molar-refractivity contribution >= 4 is 29.1 Å². The molecule has 0 N–H and O–H groups in total. The molecule has 180 valence electrons. The quantitative estimate of drug-likeness (QED) is 0.159. The van der Waals surface area contributed by atoms with Crippen molar-refractivity contribution in [2.75, 3.05) is 0 Å². The minimum absolute atomic E-state index is 0.722. The maximum atomic E-state index is 4.76. The zero-order chi connectivity index (χ0) is 25.7. The summed E-state index contributed by atoms with van der Waals surface area (Å²) in [5, 5.41) is 0. The fourth-order valence-corrected chi connectivity index (χ4v) is 3.91. The molecule has 1 heteroatoms. The smallest absolute Gasteiger partial charge is 0.0633 e. The van der Waals surface area contributed by atoms with Crippen LogP contribution in [-0.2, 0) is 0 Å². The third-order valence-corrected chi connectivity index (χ3v) is 5.95. The van der Waals surface area contributed by atoms with Gasteiger partial charge in [0.05, 0.1) is 5.69 Å². The lowest BCUT2D eigenvalue weighted by molar-refractivity contribution is 1.42. The third-order valence-electron chi connectivity index (χ3n) is 5.95. The number of hydrogen-bond donors (Lipinski definition) is 0. The Morgan fingerprint density at radius 1 is 0.622 bits per heavy atom. The van der Waals surface area contributed by atoms with Gasteiger partial charge in [0.15, 0.2) is 0 Å². The van der Waals surface area contributed by atoms with Crippen LogP contribution in [0.5, 0.6) is 0 Å². The molecular weight excluding hydrogens is 446 g/mol. The number of aliphatic imine (C=N–C) groups is 1. The molecule has 1 nitrogen and oxygen atoms in total. The van der Waals surface area contributed by atoms with E-state index in [0.717, 1.165) is 34.5 Å². The maximum absolute atomic E-state index is 4.76. The fourth-order valence-electron chi connectivity index (χ4n) is 3.91. The number of benzene rings is 4. The van der Waals surface area contributed by atoms with Gasteiger partial charge in [0.2, 0.25) is 0 Å². The molecule has 0 aliphatic carbocycles. The van der Waals surface area contributed by atoms with E-state index < -0.39 is 0 Å². The summed E-state index contributed by atoms with van der Waals surface area (Å²) in [4.78, 5) is 4.76. The molecule has 0 radical (unpaired) electrons. The number of allylic oxidation sites excluding steroid dienone is 6. The van der Waals surface area contributed by atoms with Crippen molar-refractivity contribution in [2.45, 2.75) is 6.42 Å². The molecule has 0 unspecified atom stereocenters. The SMILES string of the molecule is C=CC(C/C=C/c1ccc(-c2ccccc2)cc1)=Nc1ccc(/C=C/C=C(\C=C)c2ccccc2)cc1. The molecule has 0 aliphatic heterocycles. The van der Waals surface area contributed by atoms with E-state index in [1.165, 1.54) is 16.7 Å². The summed E-state index contributed by atoms with van der Waals surface area (Å²) in [5.74, 6) is 0. The molecule has 0 aromatic heterocycles. The van der Waals surface area contributed by atoms with Crippen LogP contribution in [0.4, 0.5) is 5.69 Å². The highest BCUT2D eigenvalue weighted by molar-refractivity contribution is 5.97. The summed E-state index contributed by atoms with van der Waals surface area (Å²) >= 11 is 0. The van der Waals surface area contributed by atoms with Crippen molar-refractivity contribution in [1.29, 1.82) is 0 Å². The summed E-state index contributed by atoms with van der Waals surface area (Å²) in [7, 11) is 0. The molecule has 4 aromatic carbocycles. The lowest BCUT2D eigenvalue weighted by Gasteiger charge is -2.02. The van der Waals surface area contributed by atoms with E-state index in [4.69, 9.17) is 4.99 Å². The second-order valence-electron chi connectivity index (χ2n) is 8.54. The summed E-state index contributed by atoms with van der Waals surface area (Å²) in [5.41, 5.74) is 8.83. The monoisotopic (exact) mass is 477 g/mol. The standard InChI is InChI=1S/C36H31N/c1-3-31(32-15-7-5-8-16-32)19-11-13-30-23-27-36(28-24-30)37-35(4-2)20-12-14-29-21-25-34(26-22-29)33-17-9-6-10-18-33/h3-19,21-28H,1-2,20H2/b13-11+,14-12+,31-19+,37-35?. The Balaban J connectivity index is 1.35. The number of rotatable bonds is 10. The molecule has 37 heavy (non-hydrogen) atoms. The molecule has 0 aliphatic rings. The molecule has 0 spiro atoms. The van der Waals surface area contributed by atoms with E-state index in [1.54, 1.807) is 0 Å². The molecular formula is C36H31N. The van der Waals surface area contributed by atoms with Crippen LogP contribution in [-0.4, -0.2) is 5.71 Å². The predicted molar refractivity (Wildman–Crippen MR) is 163 cm³/mol. The van der Waals surface area contributed by atoms with E-state index in [0.29, 0.717) is 0 Å². The molecule has 0 fully saturated rings. The zero-order valence-corrected chi connectivity index (χ0v) is 21.0. The molecule has 0 amide bonds. The Morgan fingerprint density at radius 3 is 1.86 bits per heavy atom. The van der Waals surface area contributed by atoms with Gasteiger partial charge in [-0.1, -0.05) is 147 Å². The van der Waals surface area contributed by atoms with Crippen molar-refractivity contribution < 1.29 is 0 Å². The van der Waals surface area contributed by atoms with Gasteiger partial charge in [-0.05, 0) is 51.6 Å². The second-order valence-corrected chi connectivity index (χ2v) is 8.54. The second kappa shape index (κ2) is 13.4. The van der Waals surface area contributed by atoms with Crippen molar-refractivity contribution in [1.82, 2.24) is 0 Å². The van der Waals surface area contributed by atoms with Gasteiger partial charge in [0, 0.05) is 12.1 Å². The number of hydrogen-bond acceptors (Lipinski definition) is 1. The van der Waals surface area contributed by atoms with E-state index in [-0.39, 0.29) is 0 Å². The summed E-state index contributed by atoms with van der Waals surface area (Å²) in [6, 6.07) is 37.5. The minimum atomic E-state index is 0.722. The Kier molecular flexibility index (Phi) is 9.16. The Hall–Kier alpha value is -4.75. The van der Waals surface area contributed by atoms with Crippen LogP contribution >= 0.6 is 0 Å². The topological polar surface area (TPSA) is 12.4 Å². The van der Waals surface area contributed by atoms with Gasteiger partial charge in [-0.15, -0.1) is 0 Å². The van der Waals surface area contributed by atoms with Crippen LogP contribution in [0.2, 0.25) is 0 Å². The van der Waals surface area contributed by atoms with Gasteiger partial charge < -0.3 is 0 Å². The lowest BCUT2D eigenvalue weighted by Crippen LogP contribution is -1.89. The molecule has 0 saturated carbocycles. The van der Waals surface area contributed by atoms with Crippen molar-refractivity contribution in [3.8, 4) is 11.1 Å². The molecule has 0 heterocycles. The molecule has 4 aromatic rings. The van der Waals surface area contributed by atoms with Gasteiger partial charge >= 0.3 is 0 Å². The van der Waals surface area contributed by atoms with Gasteiger partial charge in [-0.2, -0.15) is 0 Å². The Bertz CT molecular complexity index is 1420. The highest BCUT2D eigenvalue weighted by Crippen LogP contribution is 2.20. The maximum Gasteiger partial charge on any atom is 0.0633 e. The first-order chi connectivity index (χ1) is 18.2. The third kappa shape index (κ3) is 7.62. The minimum Gasteiger partial charge on any atom is -0.253 e. The Labute approximate surface area is 220 Å². The summed E-state index contributed by atoms with van der Waals surface area (Å²) in [6.07, 6.45) is 14.9. The zero-order valence-electron chi connectivity index (χ0n) is 21.0. The van der Waals surface area contributed by atoms with Gasteiger partial charge in [-0.3, -0.25) is 4.99 Å². The molecule has 0 bridgehead atoms. The first-order valence-electron chi connectivity index (χ1n) is 12.4. The van der Waals surface area contributed by atoms with Crippen LogP contribution < -0.4 is 0 Å². The van der Waals surface area contributed by atoms with Crippen molar-refractivity contribution in [2.24, 2.45) is 4.99 Å². The van der Waals surface area contributed by atoms with E-state index in [2.05, 4.69) is 116 Å². The van der Waals surface area contributed by atoms with E-state index >= 15 is 0 Å². The van der Waals surface area contributed by atoms with Gasteiger partial charge in [-0.25, -0.2) is 0 Å². The summed E-state index contributed by atoms with van der Waals surface area (Å²) in [6.45, 7) is 7.88. The molecule has 4 rings (SSSR count). The molecule has 0 atom stereocenters. The largest absolute Gasteiger partial charge is 0.253 e. The normalized spacial score (nSPS) is 12.2. The van der Waals surface area contributed by atoms with Crippen LogP contribution in [0, 0.1) is 0 Å². The first kappa shape index (κ1) is 25.3. The number of nitrogens with zero attached hydrogens (tertiary/aromatic N) is 1. The average molecular weight is 478 g/mol. The fraction of sp³-hybridized carbons (Fsp3) is 0.0278. The predicted octanol–water partition coefficient (Wildman–Crippen LogP) is 10.00. The van der Waals surface area contributed by atoms with Gasteiger partial charge in [0.25, 0.3) is 0 Å². The van der Waals surface area contributed by atoms with Crippen LogP contribution in [0.25, 0.3) is 28.9 Å². The Morgan fingerprint density at radius 2 is 1.22 bits per heavy atom. The first-order valence-corrected chi connectivity index (χ1v) is 12.4.